The molecule has 3 aromatic rings. The number of sulfonamides is 1. The van der Waals surface area contributed by atoms with Crippen molar-refractivity contribution in [3.05, 3.63) is 88.2 Å². The van der Waals surface area contributed by atoms with Gasteiger partial charge in [-0.15, -0.1) is 0 Å². The van der Waals surface area contributed by atoms with Gasteiger partial charge in [-0.1, -0.05) is 29.3 Å². The highest BCUT2D eigenvalue weighted by atomic mass is 35.5. The van der Waals surface area contributed by atoms with Crippen molar-refractivity contribution in [3.63, 3.8) is 0 Å². The molecule has 2 amide bonds. The zero-order chi connectivity index (χ0) is 31.2. The van der Waals surface area contributed by atoms with Crippen molar-refractivity contribution in [2.24, 2.45) is 0 Å². The Morgan fingerprint density at radius 2 is 1.55 bits per heavy atom. The van der Waals surface area contributed by atoms with Crippen LogP contribution >= 0.6 is 23.2 Å². The summed E-state index contributed by atoms with van der Waals surface area (Å²) in [6.45, 7) is 8.27. The molecule has 0 saturated carbocycles. The smallest absolute Gasteiger partial charge is 0.264 e. The molecule has 0 aliphatic carbocycles. The molecule has 3 aromatic carbocycles. The summed E-state index contributed by atoms with van der Waals surface area (Å²) in [5.74, 6) is -1.27. The summed E-state index contributed by atoms with van der Waals surface area (Å²) < 4.78 is 47.9. The topological polar surface area (TPSA) is 96.0 Å². The first kappa shape index (κ1) is 33.2. The molecule has 0 aliphatic heterocycles. The van der Waals surface area contributed by atoms with Crippen LogP contribution in [-0.4, -0.2) is 49.9 Å². The quantitative estimate of drug-likeness (QED) is 0.276. The van der Waals surface area contributed by atoms with Gasteiger partial charge in [-0.3, -0.25) is 13.9 Å². The first-order valence-corrected chi connectivity index (χ1v) is 15.4. The minimum absolute atomic E-state index is 0.0566. The Hall–Kier alpha value is -3.34. The van der Waals surface area contributed by atoms with Crippen LogP contribution in [0.3, 0.4) is 0 Å². The molecule has 0 aliphatic rings. The highest BCUT2D eigenvalue weighted by Gasteiger charge is 2.34. The third kappa shape index (κ3) is 8.36. The van der Waals surface area contributed by atoms with Gasteiger partial charge in [0.25, 0.3) is 10.0 Å². The summed E-state index contributed by atoms with van der Waals surface area (Å²) >= 11 is 12.8. The standard InChI is InChI=1S/C30H34Cl2FN3O5S/c1-6-41-23-14-16-24(17-15-23)42(39,40)36(22-12-10-21(33)11-13-22)19-28(37)35(20(2)29(38)34-30(3,4)5)18-25-26(31)8-7-9-27(25)32/h7-17,20H,6,18-19H2,1-5H3,(H,34,38)/t20-/m1/s1. The van der Waals surface area contributed by atoms with Crippen LogP contribution in [0, 0.1) is 5.82 Å². The molecule has 1 N–H and O–H groups in total. The molecule has 3 rings (SSSR count). The lowest BCUT2D eigenvalue weighted by Gasteiger charge is -2.33. The molecule has 12 heteroatoms. The van der Waals surface area contributed by atoms with Crippen molar-refractivity contribution >= 4 is 50.7 Å². The monoisotopic (exact) mass is 637 g/mol. The van der Waals surface area contributed by atoms with Crippen molar-refractivity contribution in [3.8, 4) is 5.75 Å². The van der Waals surface area contributed by atoms with Gasteiger partial charge >= 0.3 is 0 Å². The maximum absolute atomic E-state index is 14.0. The first-order valence-electron chi connectivity index (χ1n) is 13.2. The number of carbonyl (C=O) groups excluding carboxylic acids is 2. The third-order valence-corrected chi connectivity index (χ3v) is 8.67. The molecule has 0 radical (unpaired) electrons. The second kappa shape index (κ2) is 13.8. The summed E-state index contributed by atoms with van der Waals surface area (Å²) in [7, 11) is -4.34. The number of anilines is 1. The molecular weight excluding hydrogens is 604 g/mol. The van der Waals surface area contributed by atoms with Gasteiger partial charge in [0.1, 0.15) is 24.2 Å². The summed E-state index contributed by atoms with van der Waals surface area (Å²) in [5, 5.41) is 3.41. The number of carbonyl (C=O) groups is 2. The predicted molar refractivity (Wildman–Crippen MR) is 163 cm³/mol. The average molecular weight is 639 g/mol. The summed E-state index contributed by atoms with van der Waals surface area (Å²) in [5.41, 5.74) is -0.146. The molecule has 0 bridgehead atoms. The van der Waals surface area contributed by atoms with Crippen LogP contribution in [0.1, 0.15) is 40.2 Å². The highest BCUT2D eigenvalue weighted by Crippen LogP contribution is 2.29. The number of nitrogens with one attached hydrogen (secondary N) is 1. The number of hydrogen-bond donors (Lipinski definition) is 1. The van der Waals surface area contributed by atoms with Gasteiger partial charge in [-0.05, 0) is 95.3 Å². The van der Waals surface area contributed by atoms with E-state index in [4.69, 9.17) is 27.9 Å². The van der Waals surface area contributed by atoms with Gasteiger partial charge in [0.05, 0.1) is 17.2 Å². The number of hydrogen-bond acceptors (Lipinski definition) is 5. The highest BCUT2D eigenvalue weighted by molar-refractivity contribution is 7.92. The van der Waals surface area contributed by atoms with E-state index in [9.17, 15) is 22.4 Å². The number of nitrogens with zero attached hydrogens (tertiary/aromatic N) is 2. The molecule has 0 saturated heterocycles. The van der Waals surface area contributed by atoms with Gasteiger partial charge in [0.15, 0.2) is 0 Å². The lowest BCUT2D eigenvalue weighted by atomic mass is 10.1. The number of benzene rings is 3. The Balaban J connectivity index is 2.06. The van der Waals surface area contributed by atoms with Gasteiger partial charge in [0.2, 0.25) is 11.8 Å². The minimum atomic E-state index is -4.34. The summed E-state index contributed by atoms with van der Waals surface area (Å²) in [6.07, 6.45) is 0. The molecular formula is C30H34Cl2FN3O5S. The SMILES string of the molecule is CCOc1ccc(S(=O)(=O)N(CC(=O)N(Cc2c(Cl)cccc2Cl)[C@H](C)C(=O)NC(C)(C)C)c2ccc(F)cc2)cc1. The Bertz CT molecular complexity index is 1490. The van der Waals surface area contributed by atoms with E-state index < -0.39 is 45.8 Å². The van der Waals surface area contributed by atoms with Crippen LogP contribution in [0.15, 0.2) is 71.6 Å². The zero-order valence-corrected chi connectivity index (χ0v) is 26.4. The molecule has 0 aromatic heterocycles. The van der Waals surface area contributed by atoms with Crippen molar-refractivity contribution < 1.29 is 27.1 Å². The van der Waals surface area contributed by atoms with Gasteiger partial charge < -0.3 is 15.0 Å². The van der Waals surface area contributed by atoms with Gasteiger partial charge in [0, 0.05) is 27.7 Å². The molecule has 0 unspecified atom stereocenters. The van der Waals surface area contributed by atoms with Crippen LogP contribution in [0.25, 0.3) is 0 Å². The van der Waals surface area contributed by atoms with E-state index in [0.717, 1.165) is 16.4 Å². The van der Waals surface area contributed by atoms with Crippen molar-refractivity contribution in [2.45, 2.75) is 57.6 Å². The molecule has 0 heterocycles. The summed E-state index contributed by atoms with van der Waals surface area (Å²) in [6, 6.07) is 14.3. The van der Waals surface area contributed by atoms with E-state index in [1.807, 2.05) is 0 Å². The molecule has 226 valence electrons. The van der Waals surface area contributed by atoms with E-state index in [2.05, 4.69) is 5.32 Å². The van der Waals surface area contributed by atoms with Crippen LogP contribution < -0.4 is 14.4 Å². The zero-order valence-electron chi connectivity index (χ0n) is 24.0. The van der Waals surface area contributed by atoms with Crippen LogP contribution in [0.4, 0.5) is 10.1 Å². The molecule has 0 fully saturated rings. The largest absolute Gasteiger partial charge is 0.494 e. The van der Waals surface area contributed by atoms with Crippen LogP contribution in [0.2, 0.25) is 10.0 Å². The number of halogens is 3. The molecule has 42 heavy (non-hydrogen) atoms. The summed E-state index contributed by atoms with van der Waals surface area (Å²) in [4.78, 5) is 28.3. The maximum atomic E-state index is 14.0. The maximum Gasteiger partial charge on any atom is 0.264 e. The normalized spacial score (nSPS) is 12.4. The van der Waals surface area contributed by atoms with Crippen molar-refractivity contribution in [1.82, 2.24) is 10.2 Å². The van der Waals surface area contributed by atoms with Gasteiger partial charge in [-0.2, -0.15) is 0 Å². The fraction of sp³-hybridized carbons (Fsp3) is 0.333. The molecule has 1 atom stereocenters. The number of ether oxygens (including phenoxy) is 1. The Morgan fingerprint density at radius 3 is 2.07 bits per heavy atom. The fourth-order valence-electron chi connectivity index (χ4n) is 4.05. The van der Waals surface area contributed by atoms with Crippen molar-refractivity contribution in [2.75, 3.05) is 17.5 Å². The lowest BCUT2D eigenvalue weighted by molar-refractivity contribution is -0.140. The second-order valence-corrected chi connectivity index (χ2v) is 13.2. The molecule has 8 nitrogen and oxygen atoms in total. The Morgan fingerprint density at radius 1 is 0.976 bits per heavy atom. The third-order valence-electron chi connectivity index (χ3n) is 6.17. The predicted octanol–water partition coefficient (Wildman–Crippen LogP) is 6.06. The van der Waals surface area contributed by atoms with E-state index in [-0.39, 0.29) is 27.2 Å². The lowest BCUT2D eigenvalue weighted by Crippen LogP contribution is -2.54. The second-order valence-electron chi connectivity index (χ2n) is 10.5. The first-order chi connectivity index (χ1) is 19.6. The Kier molecular flexibility index (Phi) is 10.9. The molecule has 0 spiro atoms. The van der Waals surface area contributed by atoms with E-state index >= 15 is 0 Å². The van der Waals surface area contributed by atoms with E-state index in [1.165, 1.54) is 48.2 Å². The average Bonchev–Trinajstić information content (AvgIpc) is 2.91. The van der Waals surface area contributed by atoms with Crippen molar-refractivity contribution in [1.29, 1.82) is 0 Å². The minimum Gasteiger partial charge on any atom is -0.494 e. The van der Waals surface area contributed by atoms with Crippen LogP contribution in [-0.2, 0) is 26.2 Å². The number of amides is 2. The van der Waals surface area contributed by atoms with E-state index in [1.54, 1.807) is 45.9 Å². The fourth-order valence-corrected chi connectivity index (χ4v) is 5.98. The number of rotatable bonds is 11. The van der Waals surface area contributed by atoms with Gasteiger partial charge in [-0.25, -0.2) is 12.8 Å². The van der Waals surface area contributed by atoms with E-state index in [0.29, 0.717) is 17.9 Å². The Labute approximate surface area is 256 Å². The van der Waals surface area contributed by atoms with Crippen LogP contribution in [0.5, 0.6) is 5.75 Å².